The van der Waals surface area contributed by atoms with E-state index in [4.69, 9.17) is 11.2 Å². The minimum atomic E-state index is -0.182. The Balaban J connectivity index is 1.78. The molecular formula is C23H20N4O2. The van der Waals surface area contributed by atoms with Gasteiger partial charge >= 0.3 is 0 Å². The molecule has 2 N–H and O–H groups in total. The van der Waals surface area contributed by atoms with E-state index in [1.165, 1.54) is 0 Å². The molecule has 6 heteroatoms. The molecule has 0 amide bonds. The van der Waals surface area contributed by atoms with Crippen molar-refractivity contribution in [2.45, 2.75) is 31.4 Å². The van der Waals surface area contributed by atoms with Crippen LogP contribution in [0.2, 0.25) is 0 Å². The third kappa shape index (κ3) is 3.14. The highest BCUT2D eigenvalue weighted by Crippen LogP contribution is 2.40. The third-order valence-corrected chi connectivity index (χ3v) is 5.58. The summed E-state index contributed by atoms with van der Waals surface area (Å²) in [6.07, 6.45) is 7.21. The molecule has 29 heavy (non-hydrogen) atoms. The molecule has 6 nitrogen and oxygen atoms in total. The normalized spacial score (nSPS) is 20.5. The molecule has 1 aliphatic rings. The number of aromatic nitrogens is 2. The molecule has 0 radical (unpaired) electrons. The van der Waals surface area contributed by atoms with Crippen LogP contribution >= 0.6 is 0 Å². The van der Waals surface area contributed by atoms with Crippen LogP contribution in [0.15, 0.2) is 36.4 Å². The summed E-state index contributed by atoms with van der Waals surface area (Å²) >= 11 is 0. The van der Waals surface area contributed by atoms with E-state index in [1.54, 1.807) is 19.2 Å². The lowest BCUT2D eigenvalue weighted by Crippen LogP contribution is -2.49. The maximum atomic E-state index is 10.6. The average Bonchev–Trinajstić information content (AvgIpc) is 2.72. The van der Waals surface area contributed by atoms with Crippen molar-refractivity contribution in [3.05, 3.63) is 47.5 Å². The molecule has 0 bridgehead atoms. The Morgan fingerprint density at radius 3 is 2.59 bits per heavy atom. The van der Waals surface area contributed by atoms with E-state index in [-0.39, 0.29) is 23.0 Å². The molecule has 0 saturated heterocycles. The number of ether oxygens (including phenoxy) is 1. The monoisotopic (exact) mass is 384 g/mol. The molecule has 1 saturated carbocycles. The fraction of sp³-hybridized carbons (Fsp3) is 0.261. The number of nitrogens with zero attached hydrogens (tertiary/aromatic N) is 3. The van der Waals surface area contributed by atoms with Gasteiger partial charge in [-0.2, -0.15) is 5.26 Å². The summed E-state index contributed by atoms with van der Waals surface area (Å²) in [6, 6.07) is 13.3. The van der Waals surface area contributed by atoms with Crippen LogP contribution in [-0.4, -0.2) is 34.1 Å². The number of aromatic hydroxyl groups is 1. The second kappa shape index (κ2) is 7.09. The third-order valence-electron chi connectivity index (χ3n) is 5.58. The highest BCUT2D eigenvalue weighted by Gasteiger charge is 2.40. The lowest BCUT2D eigenvalue weighted by Gasteiger charge is -2.44. The Morgan fingerprint density at radius 1 is 1.21 bits per heavy atom. The first kappa shape index (κ1) is 18.7. The molecule has 4 rings (SSSR count). The zero-order valence-corrected chi connectivity index (χ0v) is 16.2. The number of benzene rings is 2. The van der Waals surface area contributed by atoms with E-state index in [0.717, 1.165) is 23.6 Å². The van der Waals surface area contributed by atoms with Crippen molar-refractivity contribution in [1.82, 2.24) is 10.2 Å². The first-order valence-corrected chi connectivity index (χ1v) is 9.30. The van der Waals surface area contributed by atoms with Crippen molar-refractivity contribution < 1.29 is 9.84 Å². The number of hydrogen-bond donors (Lipinski definition) is 2. The lowest BCUT2D eigenvalue weighted by atomic mass is 9.77. The van der Waals surface area contributed by atoms with Crippen molar-refractivity contribution in [3.63, 3.8) is 0 Å². The quantitative estimate of drug-likeness (QED) is 0.664. The van der Waals surface area contributed by atoms with Gasteiger partial charge in [-0.05, 0) is 31.9 Å². The summed E-state index contributed by atoms with van der Waals surface area (Å²) in [6.45, 7) is 2.09. The van der Waals surface area contributed by atoms with Gasteiger partial charge in [-0.25, -0.2) is 0 Å². The van der Waals surface area contributed by atoms with Gasteiger partial charge < -0.3 is 15.2 Å². The predicted molar refractivity (Wildman–Crippen MR) is 111 cm³/mol. The van der Waals surface area contributed by atoms with Gasteiger partial charge in [0, 0.05) is 35.1 Å². The second-order valence-corrected chi connectivity index (χ2v) is 7.49. The van der Waals surface area contributed by atoms with Gasteiger partial charge in [0.2, 0.25) is 0 Å². The molecule has 0 spiro atoms. The largest absolute Gasteiger partial charge is 0.506 e. The van der Waals surface area contributed by atoms with Gasteiger partial charge in [0.15, 0.2) is 5.82 Å². The standard InChI is InChI=1S/C23H20N4O2/c1-4-14-9-10-18(21(28)19(14)13-24)20-16-7-5-6-8-17(16)22(27-26-20)25-15-11-23(2,12-15)29-3/h1,5-10,15,28H,11-12H2,2-3H3,(H,25,27). The molecule has 144 valence electrons. The molecule has 0 atom stereocenters. The zero-order chi connectivity index (χ0) is 20.6. The van der Waals surface area contributed by atoms with Crippen LogP contribution in [0.3, 0.4) is 0 Å². The van der Waals surface area contributed by atoms with Crippen LogP contribution in [0, 0.1) is 23.7 Å². The van der Waals surface area contributed by atoms with Gasteiger partial charge in [0.1, 0.15) is 23.1 Å². The molecule has 1 heterocycles. The van der Waals surface area contributed by atoms with Crippen LogP contribution in [0.4, 0.5) is 5.82 Å². The minimum Gasteiger partial charge on any atom is -0.506 e. The van der Waals surface area contributed by atoms with E-state index in [9.17, 15) is 10.4 Å². The van der Waals surface area contributed by atoms with Crippen molar-refractivity contribution in [2.24, 2.45) is 0 Å². The Kier molecular flexibility index (Phi) is 4.58. The highest BCUT2D eigenvalue weighted by atomic mass is 16.5. The van der Waals surface area contributed by atoms with E-state index < -0.39 is 0 Å². The Morgan fingerprint density at radius 2 is 1.93 bits per heavy atom. The molecule has 2 aromatic carbocycles. The maximum absolute atomic E-state index is 10.6. The van der Waals surface area contributed by atoms with Gasteiger partial charge in [0.05, 0.1) is 5.60 Å². The number of hydrogen-bond acceptors (Lipinski definition) is 6. The van der Waals surface area contributed by atoms with Crippen molar-refractivity contribution in [3.8, 4) is 35.4 Å². The zero-order valence-electron chi connectivity index (χ0n) is 16.2. The van der Waals surface area contributed by atoms with E-state index in [1.807, 2.05) is 30.3 Å². The van der Waals surface area contributed by atoms with Crippen LogP contribution in [0.5, 0.6) is 5.75 Å². The molecule has 3 aromatic rings. The summed E-state index contributed by atoms with van der Waals surface area (Å²) in [7, 11) is 1.73. The average molecular weight is 384 g/mol. The number of fused-ring (bicyclic) bond motifs is 1. The number of rotatable bonds is 4. The number of anilines is 1. The maximum Gasteiger partial charge on any atom is 0.156 e. The second-order valence-electron chi connectivity index (χ2n) is 7.49. The number of terminal acetylenes is 1. The summed E-state index contributed by atoms with van der Waals surface area (Å²) < 4.78 is 5.52. The topological polar surface area (TPSA) is 91.1 Å². The number of phenols is 1. The highest BCUT2D eigenvalue weighted by molar-refractivity contribution is 6.01. The number of methoxy groups -OCH3 is 1. The van der Waals surface area contributed by atoms with Crippen molar-refractivity contribution in [2.75, 3.05) is 12.4 Å². The van der Waals surface area contributed by atoms with Gasteiger partial charge in [0.25, 0.3) is 0 Å². The fourth-order valence-electron chi connectivity index (χ4n) is 3.87. The van der Waals surface area contributed by atoms with Gasteiger partial charge in [-0.15, -0.1) is 16.6 Å². The summed E-state index contributed by atoms with van der Waals surface area (Å²) in [5.74, 6) is 2.92. The van der Waals surface area contributed by atoms with Crippen LogP contribution in [0.1, 0.15) is 30.9 Å². The Bertz CT molecular complexity index is 1180. The number of nitrogens with one attached hydrogen (secondary N) is 1. The van der Waals surface area contributed by atoms with Crippen molar-refractivity contribution in [1.29, 1.82) is 5.26 Å². The van der Waals surface area contributed by atoms with E-state index in [2.05, 4.69) is 28.4 Å². The number of nitriles is 1. The molecule has 1 aromatic heterocycles. The van der Waals surface area contributed by atoms with E-state index >= 15 is 0 Å². The lowest BCUT2D eigenvalue weighted by molar-refractivity contribution is -0.0625. The van der Waals surface area contributed by atoms with E-state index in [0.29, 0.717) is 22.6 Å². The summed E-state index contributed by atoms with van der Waals surface area (Å²) in [4.78, 5) is 0. The summed E-state index contributed by atoms with van der Waals surface area (Å²) in [5.41, 5.74) is 1.23. The van der Waals surface area contributed by atoms with Crippen molar-refractivity contribution >= 4 is 16.6 Å². The van der Waals surface area contributed by atoms with Crippen LogP contribution in [0.25, 0.3) is 22.0 Å². The van der Waals surface area contributed by atoms with Crippen LogP contribution < -0.4 is 5.32 Å². The smallest absolute Gasteiger partial charge is 0.156 e. The Hall–Kier alpha value is -3.61. The fourth-order valence-corrected chi connectivity index (χ4v) is 3.87. The van der Waals surface area contributed by atoms with Gasteiger partial charge in [-0.1, -0.05) is 30.2 Å². The molecule has 1 aliphatic carbocycles. The molecular weight excluding hydrogens is 364 g/mol. The predicted octanol–water partition coefficient (Wildman–Crippen LogP) is 3.83. The molecule has 1 fully saturated rings. The van der Waals surface area contributed by atoms with Crippen LogP contribution in [-0.2, 0) is 4.74 Å². The first-order valence-electron chi connectivity index (χ1n) is 9.30. The Labute approximate surface area is 169 Å². The molecule has 0 aliphatic heterocycles. The summed E-state index contributed by atoms with van der Waals surface area (Å²) in [5, 5.41) is 34.0. The molecule has 0 unspecified atom stereocenters. The first-order chi connectivity index (χ1) is 14.0. The van der Waals surface area contributed by atoms with Gasteiger partial charge in [-0.3, -0.25) is 0 Å². The SMILES string of the molecule is C#Cc1ccc(-c2nnc(NC3CC(C)(OC)C3)c3ccccc23)c(O)c1C#N. The number of phenolic OH excluding ortho intramolecular Hbond substituents is 1. The minimum absolute atomic E-state index is 0.0615.